The highest BCUT2D eigenvalue weighted by Crippen LogP contribution is 2.33. The van der Waals surface area contributed by atoms with Crippen molar-refractivity contribution >= 4 is 29.3 Å². The van der Waals surface area contributed by atoms with E-state index in [-0.39, 0.29) is 11.2 Å². The lowest BCUT2D eigenvalue weighted by Crippen LogP contribution is -2.22. The van der Waals surface area contributed by atoms with Crippen molar-refractivity contribution in [1.29, 1.82) is 0 Å². The van der Waals surface area contributed by atoms with E-state index >= 15 is 0 Å². The molecule has 0 aliphatic rings. The lowest BCUT2D eigenvalue weighted by atomic mass is 10.2. The quantitative estimate of drug-likeness (QED) is 0.589. The molecule has 0 aromatic heterocycles. The van der Waals surface area contributed by atoms with Crippen LogP contribution in [0.15, 0.2) is 47.4 Å². The van der Waals surface area contributed by atoms with Crippen molar-refractivity contribution in [3.05, 3.63) is 48.0 Å². The highest BCUT2D eigenvalue weighted by molar-refractivity contribution is 8.00. The van der Waals surface area contributed by atoms with E-state index in [0.717, 1.165) is 4.90 Å². The van der Waals surface area contributed by atoms with Gasteiger partial charge in [0.15, 0.2) is 11.5 Å². The minimum Gasteiger partial charge on any atom is -0.493 e. The second-order valence-electron chi connectivity index (χ2n) is 5.34. The van der Waals surface area contributed by atoms with Crippen molar-refractivity contribution < 1.29 is 23.8 Å². The Balaban J connectivity index is 2.05. The zero-order chi connectivity index (χ0) is 19.1. The van der Waals surface area contributed by atoms with Crippen molar-refractivity contribution in [2.24, 2.45) is 0 Å². The highest BCUT2D eigenvalue weighted by Gasteiger charge is 2.16. The minimum absolute atomic E-state index is 0.174. The van der Waals surface area contributed by atoms with Gasteiger partial charge in [0.05, 0.1) is 32.1 Å². The Morgan fingerprint density at radius 1 is 1.00 bits per heavy atom. The Labute approximate surface area is 156 Å². The molecule has 1 atom stereocenters. The molecule has 26 heavy (non-hydrogen) atoms. The highest BCUT2D eigenvalue weighted by atomic mass is 32.2. The molecule has 0 radical (unpaired) electrons. The van der Waals surface area contributed by atoms with Gasteiger partial charge in [-0.15, -0.1) is 11.8 Å². The summed E-state index contributed by atoms with van der Waals surface area (Å²) >= 11 is 1.40. The molecule has 0 heterocycles. The van der Waals surface area contributed by atoms with Crippen LogP contribution in [0.5, 0.6) is 11.5 Å². The van der Waals surface area contributed by atoms with E-state index in [0.29, 0.717) is 22.7 Å². The number of amides is 1. The number of methoxy groups -OCH3 is 3. The van der Waals surface area contributed by atoms with Crippen LogP contribution in [0.25, 0.3) is 0 Å². The van der Waals surface area contributed by atoms with Crippen molar-refractivity contribution in [1.82, 2.24) is 0 Å². The van der Waals surface area contributed by atoms with Gasteiger partial charge in [0.2, 0.25) is 5.91 Å². The number of esters is 1. The number of anilines is 1. The van der Waals surface area contributed by atoms with Gasteiger partial charge in [0.25, 0.3) is 0 Å². The third-order valence-electron chi connectivity index (χ3n) is 3.59. The van der Waals surface area contributed by atoms with E-state index in [1.54, 1.807) is 51.5 Å². The number of carbonyl (C=O) groups is 2. The minimum atomic E-state index is -0.450. The summed E-state index contributed by atoms with van der Waals surface area (Å²) in [4.78, 5) is 24.9. The molecular weight excluding hydrogens is 354 g/mol. The molecule has 1 unspecified atom stereocenters. The third-order valence-corrected chi connectivity index (χ3v) is 4.68. The maximum absolute atomic E-state index is 12.4. The Morgan fingerprint density at radius 3 is 2.38 bits per heavy atom. The average molecular weight is 375 g/mol. The first kappa shape index (κ1) is 19.7. The summed E-state index contributed by atoms with van der Waals surface area (Å²) in [7, 11) is 4.45. The molecule has 1 N–H and O–H groups in total. The van der Waals surface area contributed by atoms with Crippen LogP contribution in [0.3, 0.4) is 0 Å². The third kappa shape index (κ3) is 4.92. The van der Waals surface area contributed by atoms with Gasteiger partial charge in [-0.25, -0.2) is 4.79 Å². The van der Waals surface area contributed by atoms with Crippen LogP contribution in [0.1, 0.15) is 17.3 Å². The van der Waals surface area contributed by atoms with Gasteiger partial charge in [0, 0.05) is 10.6 Å². The largest absolute Gasteiger partial charge is 0.493 e. The number of benzene rings is 2. The Bertz CT molecular complexity index is 793. The lowest BCUT2D eigenvalue weighted by molar-refractivity contribution is -0.115. The lowest BCUT2D eigenvalue weighted by Gasteiger charge is -2.14. The van der Waals surface area contributed by atoms with E-state index in [4.69, 9.17) is 9.47 Å². The Kier molecular flexibility index (Phi) is 6.91. The molecule has 0 aliphatic heterocycles. The zero-order valence-electron chi connectivity index (χ0n) is 15.1. The van der Waals surface area contributed by atoms with Crippen LogP contribution in [-0.2, 0) is 9.53 Å². The second kappa shape index (κ2) is 9.15. The summed E-state index contributed by atoms with van der Waals surface area (Å²) in [5, 5.41) is 2.46. The molecule has 2 aromatic rings. The molecule has 6 nitrogen and oxygen atoms in total. The summed E-state index contributed by atoms with van der Waals surface area (Å²) in [5.74, 6) is 0.616. The van der Waals surface area contributed by atoms with Gasteiger partial charge >= 0.3 is 5.97 Å². The summed E-state index contributed by atoms with van der Waals surface area (Å²) in [5.41, 5.74) is 0.920. The van der Waals surface area contributed by atoms with E-state index in [1.807, 2.05) is 12.1 Å². The summed E-state index contributed by atoms with van der Waals surface area (Å²) < 4.78 is 15.2. The molecule has 0 bridgehead atoms. The van der Waals surface area contributed by atoms with Crippen LogP contribution in [-0.4, -0.2) is 38.5 Å². The first-order valence-electron chi connectivity index (χ1n) is 7.86. The van der Waals surface area contributed by atoms with Crippen molar-refractivity contribution in [3.8, 4) is 11.5 Å². The molecule has 2 rings (SSSR count). The van der Waals surface area contributed by atoms with Crippen LogP contribution >= 0.6 is 11.8 Å². The fraction of sp³-hybridized carbons (Fsp3) is 0.263. The molecule has 0 fully saturated rings. The van der Waals surface area contributed by atoms with E-state index < -0.39 is 5.97 Å². The second-order valence-corrected chi connectivity index (χ2v) is 6.75. The molecule has 1 amide bonds. The Hall–Kier alpha value is -2.67. The first-order valence-corrected chi connectivity index (χ1v) is 8.74. The molecule has 0 spiro atoms. The Morgan fingerprint density at radius 2 is 1.73 bits per heavy atom. The van der Waals surface area contributed by atoms with Crippen LogP contribution in [0, 0.1) is 0 Å². The van der Waals surface area contributed by atoms with Crippen molar-refractivity contribution in [3.63, 3.8) is 0 Å². The maximum Gasteiger partial charge on any atom is 0.337 e. The SMILES string of the molecule is COC(=O)c1cccc(NC(=O)C(C)Sc2ccc(OC)c(OC)c2)c1. The molecule has 0 saturated carbocycles. The molecule has 138 valence electrons. The van der Waals surface area contributed by atoms with E-state index in [1.165, 1.54) is 18.9 Å². The number of ether oxygens (including phenoxy) is 3. The first-order chi connectivity index (χ1) is 12.5. The molecule has 7 heteroatoms. The number of nitrogens with one attached hydrogen (secondary N) is 1. The molecule has 0 aliphatic carbocycles. The maximum atomic E-state index is 12.4. The van der Waals surface area contributed by atoms with Crippen LogP contribution in [0.4, 0.5) is 5.69 Å². The van der Waals surface area contributed by atoms with E-state index in [9.17, 15) is 9.59 Å². The number of carbonyl (C=O) groups excluding carboxylic acids is 2. The number of hydrogen-bond donors (Lipinski definition) is 1. The summed E-state index contributed by atoms with van der Waals surface area (Å²) in [6.45, 7) is 1.81. The summed E-state index contributed by atoms with van der Waals surface area (Å²) in [6, 6.07) is 12.1. The fourth-order valence-electron chi connectivity index (χ4n) is 2.23. The fourth-order valence-corrected chi connectivity index (χ4v) is 3.13. The van der Waals surface area contributed by atoms with Crippen molar-refractivity contribution in [2.45, 2.75) is 17.1 Å². The zero-order valence-corrected chi connectivity index (χ0v) is 15.9. The van der Waals surface area contributed by atoms with E-state index in [2.05, 4.69) is 10.1 Å². The van der Waals surface area contributed by atoms with Gasteiger partial charge in [-0.3, -0.25) is 4.79 Å². The van der Waals surface area contributed by atoms with Gasteiger partial charge < -0.3 is 19.5 Å². The van der Waals surface area contributed by atoms with Crippen molar-refractivity contribution in [2.75, 3.05) is 26.6 Å². The molecule has 2 aromatic carbocycles. The van der Waals surface area contributed by atoms with Gasteiger partial charge in [0.1, 0.15) is 0 Å². The number of thioether (sulfide) groups is 1. The summed E-state index contributed by atoms with van der Waals surface area (Å²) in [6.07, 6.45) is 0. The van der Waals surface area contributed by atoms with Gasteiger partial charge in [-0.1, -0.05) is 6.07 Å². The normalized spacial score (nSPS) is 11.4. The smallest absolute Gasteiger partial charge is 0.337 e. The predicted octanol–water partition coefficient (Wildman–Crippen LogP) is 3.61. The van der Waals surface area contributed by atoms with Gasteiger partial charge in [-0.05, 0) is 43.3 Å². The van der Waals surface area contributed by atoms with Gasteiger partial charge in [-0.2, -0.15) is 0 Å². The van der Waals surface area contributed by atoms with Crippen LogP contribution in [0.2, 0.25) is 0 Å². The topological polar surface area (TPSA) is 73.9 Å². The number of rotatable bonds is 7. The average Bonchev–Trinajstić information content (AvgIpc) is 2.67. The molecular formula is C19H21NO5S. The number of hydrogen-bond acceptors (Lipinski definition) is 6. The monoisotopic (exact) mass is 375 g/mol. The molecule has 0 saturated heterocycles. The van der Waals surface area contributed by atoms with Crippen LogP contribution < -0.4 is 14.8 Å². The standard InChI is InChI=1S/C19H21NO5S/c1-12(26-15-8-9-16(23-2)17(11-15)24-3)18(21)20-14-7-5-6-13(10-14)19(22)25-4/h5-12H,1-4H3,(H,20,21). The predicted molar refractivity (Wildman–Crippen MR) is 101 cm³/mol.